The second kappa shape index (κ2) is 7.53. The topological polar surface area (TPSA) is 130 Å². The number of thioether (sulfide) groups is 1. The van der Waals surface area contributed by atoms with Crippen molar-refractivity contribution in [1.82, 2.24) is 14.9 Å². The third-order valence-electron chi connectivity index (χ3n) is 5.15. The van der Waals surface area contributed by atoms with Crippen LogP contribution in [-0.2, 0) is 14.4 Å². The van der Waals surface area contributed by atoms with Crippen LogP contribution in [0.5, 0.6) is 0 Å². The Balaban J connectivity index is 1.76. The maximum absolute atomic E-state index is 12.9. The number of aryl methyl sites for hydroxylation is 2. The molecular formula is C19H18ClN5O4S. The molecule has 9 nitrogen and oxygen atoms in total. The quantitative estimate of drug-likeness (QED) is 0.672. The van der Waals surface area contributed by atoms with Gasteiger partial charge >= 0.3 is 5.97 Å². The van der Waals surface area contributed by atoms with E-state index in [1.54, 1.807) is 18.2 Å². The fourth-order valence-corrected chi connectivity index (χ4v) is 5.19. The van der Waals surface area contributed by atoms with Crippen LogP contribution in [0.4, 0.5) is 5.69 Å². The largest absolute Gasteiger partial charge is 0.477 e. The Bertz CT molecular complexity index is 1140. The van der Waals surface area contributed by atoms with Gasteiger partial charge in [0.2, 0.25) is 5.91 Å². The van der Waals surface area contributed by atoms with Gasteiger partial charge in [0.05, 0.1) is 34.0 Å². The lowest BCUT2D eigenvalue weighted by atomic mass is 10.0. The lowest BCUT2D eigenvalue weighted by Gasteiger charge is -2.52. The average Bonchev–Trinajstić information content (AvgIpc) is 2.71. The number of nitrogens with two attached hydrogens (primary N) is 1. The van der Waals surface area contributed by atoms with Crippen molar-refractivity contribution in [3.05, 3.63) is 40.3 Å². The molecule has 3 heterocycles. The number of aromatic nitrogens is 2. The van der Waals surface area contributed by atoms with Crippen molar-refractivity contribution >= 4 is 57.9 Å². The van der Waals surface area contributed by atoms with E-state index in [0.29, 0.717) is 16.7 Å². The van der Waals surface area contributed by atoms with E-state index in [9.17, 15) is 19.5 Å². The molecule has 0 radical (unpaired) electrons. The molecule has 1 fully saturated rings. The number of β-lactam (4-membered cyclic amide) rings is 1. The highest BCUT2D eigenvalue weighted by Gasteiger charge is 2.57. The van der Waals surface area contributed by atoms with Crippen LogP contribution in [0, 0.1) is 13.8 Å². The number of rotatable bonds is 4. The number of fused-ring (bicyclic) bond motifs is 2. The van der Waals surface area contributed by atoms with Crippen LogP contribution in [0.3, 0.4) is 0 Å². The fourth-order valence-electron chi connectivity index (χ4n) is 3.59. The van der Waals surface area contributed by atoms with E-state index in [4.69, 9.17) is 17.3 Å². The Labute approximate surface area is 180 Å². The van der Waals surface area contributed by atoms with Crippen molar-refractivity contribution in [1.29, 1.82) is 0 Å². The summed E-state index contributed by atoms with van der Waals surface area (Å²) in [6.45, 7) is 3.40. The summed E-state index contributed by atoms with van der Waals surface area (Å²) in [4.78, 5) is 48.7. The average molecular weight is 448 g/mol. The Hall–Kier alpha value is -2.69. The molecule has 2 aliphatic heterocycles. The van der Waals surface area contributed by atoms with E-state index < -0.39 is 29.2 Å². The lowest BCUT2D eigenvalue weighted by molar-refractivity contribution is -0.148. The number of hydrogen-bond donors (Lipinski definition) is 2. The Morgan fingerprint density at radius 3 is 2.60 bits per heavy atom. The molecule has 1 aromatic carbocycles. The van der Waals surface area contributed by atoms with E-state index in [1.165, 1.54) is 16.7 Å². The standard InChI is InChI=1S/C19H18ClN5O4S/c1-8-9(2)23-13-5-10(3-4-12(13)22-8)24(14(26)6-21)16-17(27)25-15(19(28)29)11(20)7-30-18(16)25/h3-5,16,18H,6-7,21H2,1-2H3,(H,28,29). The van der Waals surface area contributed by atoms with Crippen molar-refractivity contribution in [2.45, 2.75) is 25.3 Å². The third kappa shape index (κ3) is 3.11. The van der Waals surface area contributed by atoms with E-state index in [1.807, 2.05) is 13.8 Å². The summed E-state index contributed by atoms with van der Waals surface area (Å²) in [5, 5.41) is 8.98. The maximum Gasteiger partial charge on any atom is 0.353 e. The summed E-state index contributed by atoms with van der Waals surface area (Å²) in [5.41, 5.74) is 8.64. The predicted molar refractivity (Wildman–Crippen MR) is 113 cm³/mol. The molecule has 2 aliphatic rings. The molecule has 1 saturated heterocycles. The van der Waals surface area contributed by atoms with Crippen LogP contribution in [-0.4, -0.2) is 61.5 Å². The molecule has 0 saturated carbocycles. The monoisotopic (exact) mass is 447 g/mol. The van der Waals surface area contributed by atoms with Gasteiger partial charge in [-0.3, -0.25) is 19.4 Å². The highest BCUT2D eigenvalue weighted by Crippen LogP contribution is 2.44. The summed E-state index contributed by atoms with van der Waals surface area (Å²) in [7, 11) is 0. The normalized spacial score (nSPS) is 20.8. The van der Waals surface area contributed by atoms with Gasteiger partial charge in [0.1, 0.15) is 17.1 Å². The van der Waals surface area contributed by atoms with Crippen molar-refractivity contribution in [2.24, 2.45) is 5.73 Å². The van der Waals surface area contributed by atoms with Gasteiger partial charge in [0, 0.05) is 11.4 Å². The minimum Gasteiger partial charge on any atom is -0.477 e. The van der Waals surface area contributed by atoms with Gasteiger partial charge in [-0.2, -0.15) is 0 Å². The van der Waals surface area contributed by atoms with E-state index in [0.717, 1.165) is 16.3 Å². The SMILES string of the molecule is Cc1nc2ccc(N(C(=O)CN)C3C(=O)N4C(C(=O)O)=C(Cl)CSC34)cc2nc1C. The van der Waals surface area contributed by atoms with Gasteiger partial charge < -0.3 is 10.8 Å². The number of anilines is 1. The number of aliphatic carboxylic acids is 1. The van der Waals surface area contributed by atoms with Crippen molar-refractivity contribution in [2.75, 3.05) is 17.2 Å². The molecule has 0 spiro atoms. The summed E-state index contributed by atoms with van der Waals surface area (Å²) < 4.78 is 0. The van der Waals surface area contributed by atoms with Crippen LogP contribution < -0.4 is 10.6 Å². The summed E-state index contributed by atoms with van der Waals surface area (Å²) >= 11 is 7.33. The highest BCUT2D eigenvalue weighted by molar-refractivity contribution is 8.00. The van der Waals surface area contributed by atoms with E-state index in [2.05, 4.69) is 9.97 Å². The van der Waals surface area contributed by atoms with Gasteiger partial charge in [-0.05, 0) is 32.0 Å². The fraction of sp³-hybridized carbons (Fsp3) is 0.316. The molecule has 2 amide bonds. The number of carboxylic acid groups (broad SMARTS) is 1. The van der Waals surface area contributed by atoms with Crippen molar-refractivity contribution in [3.8, 4) is 0 Å². The number of carbonyl (C=O) groups is 3. The smallest absolute Gasteiger partial charge is 0.353 e. The predicted octanol–water partition coefficient (Wildman–Crippen LogP) is 1.36. The Kier molecular flexibility index (Phi) is 5.16. The summed E-state index contributed by atoms with van der Waals surface area (Å²) in [6.07, 6.45) is 0. The van der Waals surface area contributed by atoms with Gasteiger partial charge in [0.25, 0.3) is 5.91 Å². The second-order valence-electron chi connectivity index (χ2n) is 6.95. The molecule has 2 unspecified atom stereocenters. The van der Waals surface area contributed by atoms with Crippen LogP contribution in [0.25, 0.3) is 11.0 Å². The number of carbonyl (C=O) groups excluding carboxylic acids is 2. The first-order valence-electron chi connectivity index (χ1n) is 9.08. The van der Waals surface area contributed by atoms with Crippen LogP contribution in [0.1, 0.15) is 11.4 Å². The second-order valence-corrected chi connectivity index (χ2v) is 8.51. The molecule has 3 N–H and O–H groups in total. The number of amides is 2. The van der Waals surface area contributed by atoms with Crippen LogP contribution in [0.2, 0.25) is 0 Å². The zero-order chi connectivity index (χ0) is 21.7. The molecule has 156 valence electrons. The summed E-state index contributed by atoms with van der Waals surface area (Å²) in [6, 6.07) is 4.22. The zero-order valence-corrected chi connectivity index (χ0v) is 17.7. The van der Waals surface area contributed by atoms with Crippen LogP contribution in [0.15, 0.2) is 28.9 Å². The minimum absolute atomic E-state index is 0.0964. The first-order chi connectivity index (χ1) is 14.2. The molecule has 0 aliphatic carbocycles. The molecule has 30 heavy (non-hydrogen) atoms. The molecule has 4 rings (SSSR count). The van der Waals surface area contributed by atoms with Crippen molar-refractivity contribution < 1.29 is 19.5 Å². The van der Waals surface area contributed by atoms with Crippen LogP contribution >= 0.6 is 23.4 Å². The van der Waals surface area contributed by atoms with Gasteiger partial charge in [0.15, 0.2) is 0 Å². The molecule has 0 bridgehead atoms. The first-order valence-corrected chi connectivity index (χ1v) is 10.5. The number of benzene rings is 1. The number of nitrogens with zero attached hydrogens (tertiary/aromatic N) is 4. The minimum atomic E-state index is -1.28. The number of hydrogen-bond acceptors (Lipinski definition) is 7. The zero-order valence-electron chi connectivity index (χ0n) is 16.1. The highest BCUT2D eigenvalue weighted by atomic mass is 35.5. The third-order valence-corrected chi connectivity index (χ3v) is 6.89. The molecule has 2 atom stereocenters. The lowest BCUT2D eigenvalue weighted by Crippen LogP contribution is -2.72. The van der Waals surface area contributed by atoms with E-state index >= 15 is 0 Å². The summed E-state index contributed by atoms with van der Waals surface area (Å²) in [5.74, 6) is -2.01. The Morgan fingerprint density at radius 2 is 1.97 bits per heavy atom. The van der Waals surface area contributed by atoms with E-state index in [-0.39, 0.29) is 23.0 Å². The van der Waals surface area contributed by atoms with Gasteiger partial charge in [-0.1, -0.05) is 11.6 Å². The van der Waals surface area contributed by atoms with Gasteiger partial charge in [-0.15, -0.1) is 11.8 Å². The van der Waals surface area contributed by atoms with Crippen molar-refractivity contribution in [3.63, 3.8) is 0 Å². The van der Waals surface area contributed by atoms with Gasteiger partial charge in [-0.25, -0.2) is 14.8 Å². The molecule has 2 aromatic rings. The Morgan fingerprint density at radius 1 is 1.30 bits per heavy atom. The maximum atomic E-state index is 12.9. The number of carboxylic acids is 1. The number of halogens is 1. The molecule has 11 heteroatoms. The first kappa shape index (κ1) is 20.6. The molecular weight excluding hydrogens is 430 g/mol. The molecule has 1 aromatic heterocycles.